The fraction of sp³-hybridized carbons (Fsp3) is 0.909. The molecule has 1 saturated heterocycles. The Hall–Kier alpha value is -0.610. The van der Waals surface area contributed by atoms with Gasteiger partial charge in [-0.15, -0.1) is 0 Å². The van der Waals surface area contributed by atoms with Crippen molar-refractivity contribution in [3.8, 4) is 0 Å². The molecule has 88 valence electrons. The Kier molecular flexibility index (Phi) is 5.05. The second-order valence-corrected chi connectivity index (χ2v) is 4.22. The maximum absolute atomic E-state index is 10.6. The van der Waals surface area contributed by atoms with Crippen LogP contribution in [-0.2, 0) is 9.53 Å². The van der Waals surface area contributed by atoms with E-state index >= 15 is 0 Å². The van der Waals surface area contributed by atoms with E-state index in [0.29, 0.717) is 12.6 Å². The van der Waals surface area contributed by atoms with Crippen LogP contribution in [0.15, 0.2) is 0 Å². The molecule has 0 aromatic heterocycles. The van der Waals surface area contributed by atoms with Gasteiger partial charge in [0.05, 0.1) is 19.1 Å². The zero-order chi connectivity index (χ0) is 11.3. The van der Waals surface area contributed by atoms with Crippen molar-refractivity contribution in [2.45, 2.75) is 45.3 Å². The molecule has 1 fully saturated rings. The molecule has 0 radical (unpaired) electrons. The summed E-state index contributed by atoms with van der Waals surface area (Å²) in [6.45, 7) is 6.72. The Morgan fingerprint density at radius 2 is 2.40 bits per heavy atom. The van der Waals surface area contributed by atoms with Crippen molar-refractivity contribution < 1.29 is 14.6 Å². The van der Waals surface area contributed by atoms with Gasteiger partial charge in [0.15, 0.2) is 0 Å². The van der Waals surface area contributed by atoms with Crippen LogP contribution in [-0.4, -0.2) is 47.8 Å². The number of aliphatic carboxylic acids is 1. The smallest absolute Gasteiger partial charge is 0.306 e. The molecular weight excluding hydrogens is 194 g/mol. The molecule has 0 saturated carbocycles. The van der Waals surface area contributed by atoms with Gasteiger partial charge in [-0.25, -0.2) is 0 Å². The number of morpholine rings is 1. The lowest BCUT2D eigenvalue weighted by molar-refractivity contribution is -0.142. The first-order valence-corrected chi connectivity index (χ1v) is 5.71. The first-order chi connectivity index (χ1) is 7.13. The fourth-order valence-electron chi connectivity index (χ4n) is 2.06. The number of carboxylic acids is 1. The minimum atomic E-state index is -0.773. The van der Waals surface area contributed by atoms with E-state index in [4.69, 9.17) is 9.84 Å². The zero-order valence-corrected chi connectivity index (χ0v) is 9.61. The summed E-state index contributed by atoms with van der Waals surface area (Å²) in [5.74, 6) is -0.773. The molecule has 1 aliphatic rings. The SMILES string of the molecule is CCCC(C)N1CCOC(CC(=O)O)C1. The average Bonchev–Trinajstić information content (AvgIpc) is 2.17. The van der Waals surface area contributed by atoms with Crippen LogP contribution >= 0.6 is 0 Å². The van der Waals surface area contributed by atoms with Crippen LogP contribution in [0.4, 0.5) is 0 Å². The molecule has 1 heterocycles. The van der Waals surface area contributed by atoms with E-state index in [9.17, 15) is 4.79 Å². The Bertz CT molecular complexity index is 208. The van der Waals surface area contributed by atoms with Crippen molar-refractivity contribution in [3.63, 3.8) is 0 Å². The topological polar surface area (TPSA) is 49.8 Å². The van der Waals surface area contributed by atoms with Gasteiger partial charge in [-0.3, -0.25) is 9.69 Å². The minimum Gasteiger partial charge on any atom is -0.481 e. The third-order valence-electron chi connectivity index (χ3n) is 2.90. The van der Waals surface area contributed by atoms with Crippen molar-refractivity contribution in [1.29, 1.82) is 0 Å². The van der Waals surface area contributed by atoms with Gasteiger partial charge < -0.3 is 9.84 Å². The third-order valence-corrected chi connectivity index (χ3v) is 2.90. The number of hydrogen-bond acceptors (Lipinski definition) is 3. The molecule has 2 unspecified atom stereocenters. The lowest BCUT2D eigenvalue weighted by atomic mass is 10.1. The van der Waals surface area contributed by atoms with E-state index in [-0.39, 0.29) is 12.5 Å². The summed E-state index contributed by atoms with van der Waals surface area (Å²) in [6, 6.07) is 0.537. The molecule has 1 aliphatic heterocycles. The molecule has 0 aliphatic carbocycles. The summed E-state index contributed by atoms with van der Waals surface area (Å²) in [5.41, 5.74) is 0. The van der Waals surface area contributed by atoms with E-state index < -0.39 is 5.97 Å². The quantitative estimate of drug-likeness (QED) is 0.752. The molecular formula is C11H21NO3. The molecule has 0 spiro atoms. The highest BCUT2D eigenvalue weighted by Crippen LogP contribution is 2.14. The highest BCUT2D eigenvalue weighted by Gasteiger charge is 2.25. The molecule has 0 bridgehead atoms. The van der Waals surface area contributed by atoms with Crippen LogP contribution in [0.25, 0.3) is 0 Å². The van der Waals surface area contributed by atoms with Crippen molar-refractivity contribution in [3.05, 3.63) is 0 Å². The maximum Gasteiger partial charge on any atom is 0.306 e. The number of ether oxygens (including phenoxy) is 1. The van der Waals surface area contributed by atoms with Gasteiger partial charge in [0.2, 0.25) is 0 Å². The van der Waals surface area contributed by atoms with E-state index in [2.05, 4.69) is 18.7 Å². The normalized spacial score (nSPS) is 25.1. The predicted octanol–water partition coefficient (Wildman–Crippen LogP) is 1.35. The Morgan fingerprint density at radius 3 is 3.00 bits per heavy atom. The molecule has 1 rings (SSSR count). The summed E-state index contributed by atoms with van der Waals surface area (Å²) in [6.07, 6.45) is 2.33. The lowest BCUT2D eigenvalue weighted by Crippen LogP contribution is -2.47. The van der Waals surface area contributed by atoms with Gasteiger partial charge in [0.1, 0.15) is 0 Å². The number of hydrogen-bond donors (Lipinski definition) is 1. The third kappa shape index (κ3) is 4.18. The summed E-state index contributed by atoms with van der Waals surface area (Å²) in [7, 11) is 0. The average molecular weight is 215 g/mol. The van der Waals surface area contributed by atoms with E-state index in [1.165, 1.54) is 12.8 Å². The highest BCUT2D eigenvalue weighted by molar-refractivity contribution is 5.67. The van der Waals surface area contributed by atoms with Gasteiger partial charge in [-0.05, 0) is 13.3 Å². The van der Waals surface area contributed by atoms with Crippen LogP contribution in [0.3, 0.4) is 0 Å². The monoisotopic (exact) mass is 215 g/mol. The van der Waals surface area contributed by atoms with Gasteiger partial charge in [-0.2, -0.15) is 0 Å². The van der Waals surface area contributed by atoms with Gasteiger partial charge in [0.25, 0.3) is 0 Å². The molecule has 2 atom stereocenters. The number of carboxylic acid groups (broad SMARTS) is 1. The lowest BCUT2D eigenvalue weighted by Gasteiger charge is -2.36. The second kappa shape index (κ2) is 6.08. The predicted molar refractivity (Wildman–Crippen MR) is 57.9 cm³/mol. The number of rotatable bonds is 5. The summed E-state index contributed by atoms with van der Waals surface area (Å²) < 4.78 is 5.42. The molecule has 4 heteroatoms. The molecule has 0 amide bonds. The molecule has 4 nitrogen and oxygen atoms in total. The number of carbonyl (C=O) groups is 1. The van der Waals surface area contributed by atoms with Crippen LogP contribution in [0.1, 0.15) is 33.1 Å². The van der Waals surface area contributed by atoms with Crippen molar-refractivity contribution in [2.75, 3.05) is 19.7 Å². The molecule has 1 N–H and O–H groups in total. The van der Waals surface area contributed by atoms with Gasteiger partial charge >= 0.3 is 5.97 Å². The fourth-order valence-corrected chi connectivity index (χ4v) is 2.06. The first kappa shape index (κ1) is 12.5. The van der Waals surface area contributed by atoms with Crippen LogP contribution in [0.2, 0.25) is 0 Å². The largest absolute Gasteiger partial charge is 0.481 e. The Morgan fingerprint density at radius 1 is 1.67 bits per heavy atom. The van der Waals surface area contributed by atoms with Crippen LogP contribution in [0, 0.1) is 0 Å². The molecule has 0 aromatic rings. The van der Waals surface area contributed by atoms with Crippen molar-refractivity contribution in [2.24, 2.45) is 0 Å². The van der Waals surface area contributed by atoms with Gasteiger partial charge in [0, 0.05) is 19.1 Å². The van der Waals surface area contributed by atoms with Gasteiger partial charge in [-0.1, -0.05) is 13.3 Å². The van der Waals surface area contributed by atoms with Crippen LogP contribution in [0.5, 0.6) is 0 Å². The molecule has 0 aromatic carbocycles. The summed E-state index contributed by atoms with van der Waals surface area (Å²) in [4.78, 5) is 12.9. The minimum absolute atomic E-state index is 0.120. The summed E-state index contributed by atoms with van der Waals surface area (Å²) in [5, 5.41) is 8.70. The first-order valence-electron chi connectivity index (χ1n) is 5.71. The molecule has 15 heavy (non-hydrogen) atoms. The Labute approximate surface area is 91.2 Å². The van der Waals surface area contributed by atoms with E-state index in [0.717, 1.165) is 13.1 Å². The highest BCUT2D eigenvalue weighted by atomic mass is 16.5. The maximum atomic E-state index is 10.6. The standard InChI is InChI=1S/C11H21NO3/c1-3-4-9(2)12-5-6-15-10(8-12)7-11(13)14/h9-10H,3-8H2,1-2H3,(H,13,14). The van der Waals surface area contributed by atoms with Crippen molar-refractivity contribution >= 4 is 5.97 Å². The second-order valence-electron chi connectivity index (χ2n) is 4.22. The Balaban J connectivity index is 2.37. The van der Waals surface area contributed by atoms with Crippen molar-refractivity contribution in [1.82, 2.24) is 4.90 Å². The summed E-state index contributed by atoms with van der Waals surface area (Å²) >= 11 is 0. The zero-order valence-electron chi connectivity index (χ0n) is 9.61. The van der Waals surface area contributed by atoms with Crippen LogP contribution < -0.4 is 0 Å². The van der Waals surface area contributed by atoms with E-state index in [1.54, 1.807) is 0 Å². The van der Waals surface area contributed by atoms with E-state index in [1.807, 2.05) is 0 Å². The number of nitrogens with zero attached hydrogens (tertiary/aromatic N) is 1.